The summed E-state index contributed by atoms with van der Waals surface area (Å²) in [5, 5.41) is 8.99. The molecule has 3 rings (SSSR count). The maximum absolute atomic E-state index is 15.2. The van der Waals surface area contributed by atoms with Gasteiger partial charge in [-0.1, -0.05) is 6.92 Å². The van der Waals surface area contributed by atoms with Crippen LogP contribution in [0.2, 0.25) is 0 Å². The molecule has 7 atom stereocenters. The zero-order chi connectivity index (χ0) is 18.2. The van der Waals surface area contributed by atoms with Crippen LogP contribution >= 0.6 is 0 Å². The van der Waals surface area contributed by atoms with E-state index >= 15 is 4.39 Å². The van der Waals surface area contributed by atoms with E-state index in [1.165, 1.54) is 6.92 Å². The van der Waals surface area contributed by atoms with Crippen LogP contribution in [0, 0.1) is 40.4 Å². The Labute approximate surface area is 151 Å². The predicted molar refractivity (Wildman–Crippen MR) is 94.3 cm³/mol. The predicted octanol–water partition coefficient (Wildman–Crippen LogP) is 5.19. The highest BCUT2D eigenvalue weighted by molar-refractivity contribution is 5.66. The Balaban J connectivity index is 1.77. The Morgan fingerprint density at radius 1 is 1.24 bits per heavy atom. The minimum Gasteiger partial charge on any atom is -0.463 e. The van der Waals surface area contributed by atoms with Gasteiger partial charge in [0.05, 0.1) is 6.07 Å². The minimum atomic E-state index is -1.13. The van der Waals surface area contributed by atoms with Crippen molar-refractivity contribution in [2.75, 3.05) is 0 Å². The fourth-order valence-corrected chi connectivity index (χ4v) is 6.57. The van der Waals surface area contributed by atoms with Crippen molar-refractivity contribution in [1.29, 1.82) is 5.26 Å². The lowest BCUT2D eigenvalue weighted by Gasteiger charge is -2.60. The summed E-state index contributed by atoms with van der Waals surface area (Å²) in [6, 6.07) is 2.22. The van der Waals surface area contributed by atoms with E-state index in [0.29, 0.717) is 37.0 Å². The summed E-state index contributed by atoms with van der Waals surface area (Å²) in [7, 11) is 0. The number of halogens is 1. The second-order valence-corrected chi connectivity index (χ2v) is 9.18. The van der Waals surface area contributed by atoms with Gasteiger partial charge in [-0.3, -0.25) is 4.79 Å². The Hall–Kier alpha value is -1.11. The molecule has 3 fully saturated rings. The Morgan fingerprint density at radius 2 is 2.00 bits per heavy atom. The first-order chi connectivity index (χ1) is 11.8. The van der Waals surface area contributed by atoms with Crippen LogP contribution in [0.5, 0.6) is 0 Å². The van der Waals surface area contributed by atoms with Crippen molar-refractivity contribution in [1.82, 2.24) is 0 Å². The van der Waals surface area contributed by atoms with E-state index in [2.05, 4.69) is 13.0 Å². The van der Waals surface area contributed by atoms with E-state index in [-0.39, 0.29) is 23.4 Å². The number of nitriles is 1. The highest BCUT2D eigenvalue weighted by Gasteiger charge is 2.57. The lowest BCUT2D eigenvalue weighted by molar-refractivity contribution is -0.161. The van der Waals surface area contributed by atoms with Gasteiger partial charge in [0, 0.05) is 13.3 Å². The number of carbonyl (C=O) groups excluding carboxylic acids is 1. The second-order valence-electron chi connectivity index (χ2n) is 9.18. The molecule has 0 amide bonds. The molecule has 25 heavy (non-hydrogen) atoms. The average Bonchev–Trinajstić information content (AvgIpc) is 2.53. The van der Waals surface area contributed by atoms with Crippen LogP contribution in [-0.2, 0) is 9.53 Å². The molecule has 4 heteroatoms. The Bertz CT molecular complexity index is 555. The molecular weight excluding hydrogens is 317 g/mol. The molecular formula is C21H32FNO2. The lowest BCUT2D eigenvalue weighted by Crippen LogP contribution is -2.55. The molecule has 0 unspecified atom stereocenters. The number of alkyl halides is 1. The number of hydrogen-bond donors (Lipinski definition) is 0. The standard InChI is InChI=1S/C21H32FNO2/c1-14(24)25-16-8-10-20(2)15(13-16)6-7-17-18(20)9-11-21(3,22)19(17)5-4-12-23/h15-19H,4-11,13H2,1-3H3/t15-,16+,17+,18-,19-,20-,21-/m0/s1. The van der Waals surface area contributed by atoms with Crippen molar-refractivity contribution < 1.29 is 13.9 Å². The summed E-state index contributed by atoms with van der Waals surface area (Å²) in [6.07, 6.45) is 7.96. The molecule has 0 N–H and O–H groups in total. The molecule has 0 aromatic rings. The van der Waals surface area contributed by atoms with Crippen molar-refractivity contribution in [3.63, 3.8) is 0 Å². The zero-order valence-corrected chi connectivity index (χ0v) is 15.9. The monoisotopic (exact) mass is 349 g/mol. The van der Waals surface area contributed by atoms with Gasteiger partial charge >= 0.3 is 5.97 Å². The van der Waals surface area contributed by atoms with Gasteiger partial charge in [-0.05, 0) is 87.4 Å². The SMILES string of the molecule is CC(=O)O[C@@H]1CC[C@@]2(C)[C@@H](CC[C@@H]3[C@@H]2CC[C@](C)(F)[C@H]3CCC#N)C1. The van der Waals surface area contributed by atoms with Gasteiger partial charge < -0.3 is 4.74 Å². The number of hydrogen-bond acceptors (Lipinski definition) is 3. The maximum atomic E-state index is 15.2. The van der Waals surface area contributed by atoms with E-state index in [0.717, 1.165) is 38.5 Å². The van der Waals surface area contributed by atoms with Gasteiger partial charge in [0.15, 0.2) is 0 Å². The highest BCUT2D eigenvalue weighted by Crippen LogP contribution is 2.62. The molecule has 140 valence electrons. The van der Waals surface area contributed by atoms with Crippen LogP contribution in [0.15, 0.2) is 0 Å². The van der Waals surface area contributed by atoms with Crippen LogP contribution in [0.1, 0.15) is 78.6 Å². The van der Waals surface area contributed by atoms with Crippen LogP contribution in [-0.4, -0.2) is 17.7 Å². The van der Waals surface area contributed by atoms with Gasteiger partial charge in [0.2, 0.25) is 0 Å². The summed E-state index contributed by atoms with van der Waals surface area (Å²) in [5.41, 5.74) is -0.892. The number of esters is 1. The van der Waals surface area contributed by atoms with Crippen molar-refractivity contribution in [2.24, 2.45) is 29.1 Å². The van der Waals surface area contributed by atoms with Crippen molar-refractivity contribution in [3.05, 3.63) is 0 Å². The van der Waals surface area contributed by atoms with Crippen molar-refractivity contribution >= 4 is 5.97 Å². The van der Waals surface area contributed by atoms with E-state index in [4.69, 9.17) is 10.00 Å². The third kappa shape index (κ3) is 3.44. The maximum Gasteiger partial charge on any atom is 0.302 e. The average molecular weight is 349 g/mol. The third-order valence-corrected chi connectivity index (χ3v) is 7.83. The molecule has 0 saturated heterocycles. The first kappa shape index (κ1) is 18.7. The summed E-state index contributed by atoms with van der Waals surface area (Å²) >= 11 is 0. The molecule has 3 saturated carbocycles. The molecule has 0 spiro atoms. The van der Waals surface area contributed by atoms with Gasteiger partial charge in [0.25, 0.3) is 0 Å². The zero-order valence-electron chi connectivity index (χ0n) is 15.9. The first-order valence-corrected chi connectivity index (χ1v) is 10.0. The number of rotatable bonds is 3. The first-order valence-electron chi connectivity index (χ1n) is 10.0. The number of carbonyl (C=O) groups is 1. The van der Waals surface area contributed by atoms with Crippen LogP contribution in [0.4, 0.5) is 4.39 Å². The number of fused-ring (bicyclic) bond motifs is 3. The van der Waals surface area contributed by atoms with E-state index in [9.17, 15) is 4.79 Å². The highest BCUT2D eigenvalue weighted by atomic mass is 19.1. The molecule has 0 heterocycles. The molecule has 0 bridgehead atoms. The smallest absolute Gasteiger partial charge is 0.302 e. The number of nitrogens with zero attached hydrogens (tertiary/aromatic N) is 1. The quantitative estimate of drug-likeness (QED) is 0.659. The fourth-order valence-electron chi connectivity index (χ4n) is 6.57. The molecule has 0 aliphatic heterocycles. The summed E-state index contributed by atoms with van der Waals surface area (Å²) < 4.78 is 20.7. The molecule has 3 aliphatic carbocycles. The second kappa shape index (κ2) is 6.89. The van der Waals surface area contributed by atoms with Gasteiger partial charge in [-0.25, -0.2) is 4.39 Å². The van der Waals surface area contributed by atoms with E-state index < -0.39 is 5.67 Å². The summed E-state index contributed by atoms with van der Waals surface area (Å²) in [5.74, 6) is 1.38. The van der Waals surface area contributed by atoms with Gasteiger partial charge in [0.1, 0.15) is 11.8 Å². The minimum absolute atomic E-state index is 0.0230. The van der Waals surface area contributed by atoms with Crippen LogP contribution in [0.25, 0.3) is 0 Å². The van der Waals surface area contributed by atoms with Crippen molar-refractivity contribution in [2.45, 2.75) is 90.3 Å². The Kier molecular flexibility index (Phi) is 5.15. The lowest BCUT2D eigenvalue weighted by atomic mass is 9.46. The normalized spacial score (nSPS) is 46.4. The van der Waals surface area contributed by atoms with E-state index in [1.54, 1.807) is 6.92 Å². The summed E-state index contributed by atoms with van der Waals surface area (Å²) in [4.78, 5) is 11.3. The van der Waals surface area contributed by atoms with Crippen molar-refractivity contribution in [3.8, 4) is 6.07 Å². The number of ether oxygens (including phenoxy) is 1. The molecule has 3 nitrogen and oxygen atoms in total. The molecule has 3 aliphatic rings. The molecule has 0 aromatic carbocycles. The third-order valence-electron chi connectivity index (χ3n) is 7.83. The van der Waals surface area contributed by atoms with Gasteiger partial charge in [-0.15, -0.1) is 0 Å². The fraction of sp³-hybridized carbons (Fsp3) is 0.905. The summed E-state index contributed by atoms with van der Waals surface area (Å²) in [6.45, 7) is 5.66. The van der Waals surface area contributed by atoms with Crippen LogP contribution < -0.4 is 0 Å². The van der Waals surface area contributed by atoms with E-state index in [1.807, 2.05) is 0 Å². The largest absolute Gasteiger partial charge is 0.463 e. The van der Waals surface area contributed by atoms with Crippen LogP contribution in [0.3, 0.4) is 0 Å². The Morgan fingerprint density at radius 3 is 2.68 bits per heavy atom. The molecule has 0 radical (unpaired) electrons. The topological polar surface area (TPSA) is 50.1 Å². The van der Waals surface area contributed by atoms with Gasteiger partial charge in [-0.2, -0.15) is 5.26 Å². The molecule has 0 aromatic heterocycles.